The van der Waals surface area contributed by atoms with Crippen molar-refractivity contribution >= 4 is 45.0 Å². The number of hydrogen-bond acceptors (Lipinski definition) is 3. The van der Waals surface area contributed by atoms with E-state index in [1.54, 1.807) is 13.0 Å². The van der Waals surface area contributed by atoms with Gasteiger partial charge in [0.25, 0.3) is 18.2 Å². The summed E-state index contributed by atoms with van der Waals surface area (Å²) in [6, 6.07) is 4.31. The summed E-state index contributed by atoms with van der Waals surface area (Å²) in [4.78, 5) is 24.6. The van der Waals surface area contributed by atoms with E-state index in [4.69, 9.17) is 11.6 Å². The molecule has 0 radical (unpaired) electrons. The molecule has 2 N–H and O–H groups in total. The highest BCUT2D eigenvalue weighted by atomic mass is 79.9. The number of aromatic nitrogens is 2. The van der Waals surface area contributed by atoms with Crippen LogP contribution in [0.2, 0.25) is 5.02 Å². The molecule has 1 aromatic heterocycles. The Morgan fingerprint density at radius 3 is 2.60 bits per heavy atom. The second-order valence-electron chi connectivity index (χ2n) is 5.10. The number of benzene rings is 1. The number of nitrogens with one attached hydrogen (secondary N) is 2. The van der Waals surface area contributed by atoms with Crippen molar-refractivity contribution in [1.82, 2.24) is 15.1 Å². The van der Waals surface area contributed by atoms with Gasteiger partial charge < -0.3 is 10.6 Å². The second kappa shape index (κ2) is 7.92. The number of amides is 2. The highest BCUT2D eigenvalue weighted by Crippen LogP contribution is 2.26. The van der Waals surface area contributed by atoms with E-state index in [1.165, 1.54) is 19.2 Å². The van der Waals surface area contributed by atoms with E-state index >= 15 is 0 Å². The van der Waals surface area contributed by atoms with Gasteiger partial charge in [0, 0.05) is 18.1 Å². The maximum Gasteiger partial charge on any atom is 0.274 e. The van der Waals surface area contributed by atoms with Gasteiger partial charge in [-0.3, -0.25) is 14.3 Å². The van der Waals surface area contributed by atoms with Gasteiger partial charge >= 0.3 is 0 Å². The van der Waals surface area contributed by atoms with Gasteiger partial charge in [0.05, 0.1) is 11.3 Å². The van der Waals surface area contributed by atoms with Crippen LogP contribution in [0.5, 0.6) is 0 Å². The van der Waals surface area contributed by atoms with E-state index in [0.717, 1.165) is 4.68 Å². The number of halogens is 4. The lowest BCUT2D eigenvalue weighted by Crippen LogP contribution is -2.24. The average molecular weight is 436 g/mol. The summed E-state index contributed by atoms with van der Waals surface area (Å²) >= 11 is 9.03. The Bertz CT molecular complexity index is 826. The number of carbonyl (C=O) groups excluding carboxylic acids is 2. The third-order valence-corrected chi connectivity index (χ3v) is 3.91. The molecule has 0 aliphatic rings. The van der Waals surface area contributed by atoms with Crippen LogP contribution in [-0.4, -0.2) is 35.1 Å². The first-order valence-electron chi connectivity index (χ1n) is 7.08. The van der Waals surface area contributed by atoms with E-state index in [2.05, 4.69) is 31.7 Å². The fraction of sp³-hybridized carbons (Fsp3) is 0.267. The molecule has 1 heterocycles. The first kappa shape index (κ1) is 19.3. The number of alkyl halides is 2. The topological polar surface area (TPSA) is 76.0 Å². The van der Waals surface area contributed by atoms with E-state index < -0.39 is 24.8 Å². The summed E-state index contributed by atoms with van der Waals surface area (Å²) in [6.45, 7) is 0.941. The SMILES string of the molecule is CNC(=O)c1cc(Cl)cc(C)c1NC(=O)c1cc(Br)nn1CC(F)F. The minimum absolute atomic E-state index is 0.0654. The summed E-state index contributed by atoms with van der Waals surface area (Å²) < 4.78 is 26.4. The van der Waals surface area contributed by atoms with Crippen LogP contribution in [0.15, 0.2) is 22.8 Å². The number of anilines is 1. The lowest BCUT2D eigenvalue weighted by molar-refractivity contribution is 0.0963. The normalized spacial score (nSPS) is 10.8. The minimum Gasteiger partial charge on any atom is -0.355 e. The molecule has 10 heteroatoms. The Hall–Kier alpha value is -2.00. The molecule has 0 spiro atoms. The predicted molar refractivity (Wildman–Crippen MR) is 93.5 cm³/mol. The van der Waals surface area contributed by atoms with Crippen LogP contribution in [0, 0.1) is 6.92 Å². The smallest absolute Gasteiger partial charge is 0.274 e. The molecule has 0 fully saturated rings. The van der Waals surface area contributed by atoms with Crippen molar-refractivity contribution in [3.8, 4) is 0 Å². The number of nitrogens with zero attached hydrogens (tertiary/aromatic N) is 2. The Labute approximate surface area is 155 Å². The molecule has 2 amide bonds. The molecule has 25 heavy (non-hydrogen) atoms. The van der Waals surface area contributed by atoms with Crippen molar-refractivity contribution in [2.24, 2.45) is 0 Å². The van der Waals surface area contributed by atoms with Gasteiger partial charge in [0.1, 0.15) is 16.8 Å². The molecule has 0 aliphatic heterocycles. The van der Waals surface area contributed by atoms with Crippen LogP contribution in [0.4, 0.5) is 14.5 Å². The third kappa shape index (κ3) is 4.55. The monoisotopic (exact) mass is 434 g/mol. The van der Waals surface area contributed by atoms with Crippen LogP contribution >= 0.6 is 27.5 Å². The van der Waals surface area contributed by atoms with Crippen LogP contribution in [0.25, 0.3) is 0 Å². The summed E-state index contributed by atoms with van der Waals surface area (Å²) in [5.41, 5.74) is 0.900. The van der Waals surface area contributed by atoms with Crippen LogP contribution in [0.1, 0.15) is 26.4 Å². The fourth-order valence-corrected chi connectivity index (χ4v) is 2.92. The quantitative estimate of drug-likeness (QED) is 0.755. The lowest BCUT2D eigenvalue weighted by Gasteiger charge is -2.14. The zero-order valence-corrected chi connectivity index (χ0v) is 15.6. The maximum absolute atomic E-state index is 12.6. The zero-order valence-electron chi connectivity index (χ0n) is 13.2. The van der Waals surface area contributed by atoms with Gasteiger partial charge in [-0.15, -0.1) is 0 Å². The van der Waals surface area contributed by atoms with Gasteiger partial charge in [-0.1, -0.05) is 11.6 Å². The van der Waals surface area contributed by atoms with E-state index in [-0.39, 0.29) is 21.5 Å². The van der Waals surface area contributed by atoms with Gasteiger partial charge in [0.2, 0.25) is 0 Å². The largest absolute Gasteiger partial charge is 0.355 e. The van der Waals surface area contributed by atoms with Crippen molar-refractivity contribution in [1.29, 1.82) is 0 Å². The fourth-order valence-electron chi connectivity index (χ4n) is 2.24. The number of hydrogen-bond donors (Lipinski definition) is 2. The Morgan fingerprint density at radius 1 is 1.32 bits per heavy atom. The molecule has 0 saturated carbocycles. The highest BCUT2D eigenvalue weighted by Gasteiger charge is 2.21. The zero-order chi connectivity index (χ0) is 18.7. The van der Waals surface area contributed by atoms with Crippen molar-refractivity contribution in [3.63, 3.8) is 0 Å². The van der Waals surface area contributed by atoms with Crippen LogP contribution < -0.4 is 10.6 Å². The second-order valence-corrected chi connectivity index (χ2v) is 6.35. The molecule has 0 unspecified atom stereocenters. The average Bonchev–Trinajstić information content (AvgIpc) is 2.88. The molecule has 0 aliphatic carbocycles. The molecular formula is C15H14BrClF2N4O2. The molecule has 2 rings (SSSR count). The molecule has 0 atom stereocenters. The van der Waals surface area contributed by atoms with Crippen molar-refractivity contribution < 1.29 is 18.4 Å². The molecule has 1 aromatic carbocycles. The highest BCUT2D eigenvalue weighted by molar-refractivity contribution is 9.10. The molecule has 0 saturated heterocycles. The molecule has 0 bridgehead atoms. The number of rotatable bonds is 5. The molecular weight excluding hydrogens is 422 g/mol. The summed E-state index contributed by atoms with van der Waals surface area (Å²) in [7, 11) is 1.44. The lowest BCUT2D eigenvalue weighted by atomic mass is 10.1. The predicted octanol–water partition coefficient (Wildman–Crippen LogP) is 3.48. The Morgan fingerprint density at radius 2 is 2.00 bits per heavy atom. The van der Waals surface area contributed by atoms with Gasteiger partial charge in [-0.25, -0.2) is 8.78 Å². The first-order chi connectivity index (χ1) is 11.7. The van der Waals surface area contributed by atoms with E-state index in [1.807, 2.05) is 0 Å². The molecule has 2 aromatic rings. The molecule has 134 valence electrons. The summed E-state index contributed by atoms with van der Waals surface area (Å²) in [5, 5.41) is 9.19. The maximum atomic E-state index is 12.6. The molecule has 6 nitrogen and oxygen atoms in total. The third-order valence-electron chi connectivity index (χ3n) is 3.30. The van der Waals surface area contributed by atoms with E-state index in [9.17, 15) is 18.4 Å². The summed E-state index contributed by atoms with van der Waals surface area (Å²) in [6.07, 6.45) is -2.67. The van der Waals surface area contributed by atoms with Crippen LogP contribution in [-0.2, 0) is 6.54 Å². The number of carbonyl (C=O) groups is 2. The van der Waals surface area contributed by atoms with Crippen molar-refractivity contribution in [2.75, 3.05) is 12.4 Å². The van der Waals surface area contributed by atoms with Gasteiger partial charge in [-0.2, -0.15) is 5.10 Å². The van der Waals surface area contributed by atoms with Crippen LogP contribution in [0.3, 0.4) is 0 Å². The number of aryl methyl sites for hydroxylation is 1. The standard InChI is InChI=1S/C15H14BrClF2N4O2/c1-7-3-8(17)4-9(14(24)20-2)13(7)21-15(25)10-5-11(16)22-23(10)6-12(18)19/h3-5,12H,6H2,1-2H3,(H,20,24)(H,21,25). The Balaban J connectivity index is 2.40. The first-order valence-corrected chi connectivity index (χ1v) is 8.25. The minimum atomic E-state index is -2.67. The van der Waals surface area contributed by atoms with Gasteiger partial charge in [0.15, 0.2) is 0 Å². The van der Waals surface area contributed by atoms with E-state index in [0.29, 0.717) is 10.6 Å². The summed E-state index contributed by atoms with van der Waals surface area (Å²) in [5.74, 6) is -1.11. The van der Waals surface area contributed by atoms with Crippen molar-refractivity contribution in [3.05, 3.63) is 44.6 Å². The van der Waals surface area contributed by atoms with Crippen molar-refractivity contribution in [2.45, 2.75) is 19.9 Å². The van der Waals surface area contributed by atoms with Gasteiger partial charge in [-0.05, 0) is 40.5 Å². The Kier molecular flexibility index (Phi) is 6.12.